The molecule has 0 aromatic rings. The predicted molar refractivity (Wildman–Crippen MR) is 57.9 cm³/mol. The molecule has 0 aliphatic heterocycles. The summed E-state index contributed by atoms with van der Waals surface area (Å²) >= 11 is 1.92. The van der Waals surface area contributed by atoms with Crippen molar-refractivity contribution in [2.75, 3.05) is 5.75 Å². The van der Waals surface area contributed by atoms with Crippen LogP contribution in [0.5, 0.6) is 0 Å². The number of rotatable bonds is 5. The molecule has 0 spiro atoms. The summed E-state index contributed by atoms with van der Waals surface area (Å²) in [4.78, 5) is 0. The molecule has 0 radical (unpaired) electrons. The minimum atomic E-state index is -0.123. The number of nitrogens with two attached hydrogens (primary N) is 1. The monoisotopic (exact) mass is 188 g/mol. The van der Waals surface area contributed by atoms with Crippen LogP contribution in [0.4, 0.5) is 0 Å². The fourth-order valence-corrected chi connectivity index (χ4v) is 1.78. The number of hydrogen-bond acceptors (Lipinski definition) is 2. The van der Waals surface area contributed by atoms with Crippen LogP contribution in [0.3, 0.4) is 0 Å². The van der Waals surface area contributed by atoms with E-state index in [0.717, 1.165) is 12.2 Å². The number of amidine groups is 1. The van der Waals surface area contributed by atoms with Gasteiger partial charge < -0.3 is 5.73 Å². The predicted octanol–water partition coefficient (Wildman–Crippen LogP) is 2.48. The van der Waals surface area contributed by atoms with Crippen molar-refractivity contribution in [3.63, 3.8) is 0 Å². The van der Waals surface area contributed by atoms with Gasteiger partial charge in [0.25, 0.3) is 0 Å². The lowest BCUT2D eigenvalue weighted by Gasteiger charge is -2.22. The molecule has 3 N–H and O–H groups in total. The van der Waals surface area contributed by atoms with Gasteiger partial charge in [-0.25, -0.2) is 0 Å². The van der Waals surface area contributed by atoms with E-state index < -0.39 is 0 Å². The fraction of sp³-hybridized carbons (Fsp3) is 0.889. The lowest BCUT2D eigenvalue weighted by atomic mass is 9.89. The van der Waals surface area contributed by atoms with E-state index in [-0.39, 0.29) is 5.41 Å². The van der Waals surface area contributed by atoms with Crippen LogP contribution in [0.25, 0.3) is 0 Å². The minimum absolute atomic E-state index is 0.123. The summed E-state index contributed by atoms with van der Waals surface area (Å²) in [5, 5.41) is 8.03. The Morgan fingerprint density at radius 1 is 1.50 bits per heavy atom. The summed E-state index contributed by atoms with van der Waals surface area (Å²) in [5.74, 6) is 1.39. The van der Waals surface area contributed by atoms with E-state index in [1.165, 1.54) is 0 Å². The van der Waals surface area contributed by atoms with Crippen LogP contribution < -0.4 is 5.73 Å². The maximum atomic E-state index is 7.35. The number of thioether (sulfide) groups is 1. The van der Waals surface area contributed by atoms with E-state index in [1.54, 1.807) is 0 Å². The zero-order chi connectivity index (χ0) is 9.78. The Bertz CT molecular complexity index is 153. The second-order valence-electron chi connectivity index (χ2n) is 3.97. The maximum absolute atomic E-state index is 7.35. The van der Waals surface area contributed by atoms with Gasteiger partial charge in [-0.2, -0.15) is 11.8 Å². The summed E-state index contributed by atoms with van der Waals surface area (Å²) in [6.45, 7) is 8.42. The lowest BCUT2D eigenvalue weighted by Crippen LogP contribution is -2.31. The Kier molecular flexibility index (Phi) is 4.68. The molecule has 0 fully saturated rings. The molecule has 2 nitrogen and oxygen atoms in total. The van der Waals surface area contributed by atoms with Gasteiger partial charge in [-0.15, -0.1) is 0 Å². The Morgan fingerprint density at radius 2 is 2.00 bits per heavy atom. The van der Waals surface area contributed by atoms with E-state index in [4.69, 9.17) is 11.1 Å². The topological polar surface area (TPSA) is 49.9 Å². The van der Waals surface area contributed by atoms with E-state index in [0.29, 0.717) is 11.1 Å². The van der Waals surface area contributed by atoms with Crippen LogP contribution in [0.2, 0.25) is 0 Å². The molecule has 0 aromatic carbocycles. The zero-order valence-electron chi connectivity index (χ0n) is 8.48. The molecule has 0 heterocycles. The third-order valence-electron chi connectivity index (χ3n) is 1.91. The molecule has 0 aromatic heterocycles. The summed E-state index contributed by atoms with van der Waals surface area (Å²) in [7, 11) is 0. The van der Waals surface area contributed by atoms with Crippen LogP contribution in [0.1, 0.15) is 34.1 Å². The molecule has 0 saturated heterocycles. The number of hydrogen-bond donors (Lipinski definition) is 2. The molecular weight excluding hydrogens is 168 g/mol. The Balaban J connectivity index is 3.69. The van der Waals surface area contributed by atoms with E-state index in [9.17, 15) is 0 Å². The molecule has 72 valence electrons. The quantitative estimate of drug-likeness (QED) is 0.514. The lowest BCUT2D eigenvalue weighted by molar-refractivity contribution is 0.500. The first-order valence-corrected chi connectivity index (χ1v) is 5.37. The van der Waals surface area contributed by atoms with Gasteiger partial charge in [-0.05, 0) is 17.4 Å². The van der Waals surface area contributed by atoms with Crippen molar-refractivity contribution in [2.45, 2.75) is 39.4 Å². The summed E-state index contributed by atoms with van der Waals surface area (Å²) in [5.41, 5.74) is 5.34. The van der Waals surface area contributed by atoms with Gasteiger partial charge in [-0.3, -0.25) is 5.41 Å². The van der Waals surface area contributed by atoms with Crippen LogP contribution in [-0.4, -0.2) is 16.8 Å². The molecule has 12 heavy (non-hydrogen) atoms. The van der Waals surface area contributed by atoms with Crippen molar-refractivity contribution >= 4 is 17.6 Å². The zero-order valence-corrected chi connectivity index (χ0v) is 9.29. The van der Waals surface area contributed by atoms with Gasteiger partial charge in [0.1, 0.15) is 0 Å². The normalized spacial score (nSPS) is 12.1. The second kappa shape index (κ2) is 4.75. The minimum Gasteiger partial charge on any atom is -0.387 e. The van der Waals surface area contributed by atoms with E-state index in [1.807, 2.05) is 25.6 Å². The van der Waals surface area contributed by atoms with E-state index in [2.05, 4.69) is 13.8 Å². The standard InChI is InChI=1S/C9H20N2S/c1-7(2)12-6-5-9(3,4)8(10)11/h7H,5-6H2,1-4H3,(H3,10,11). The van der Waals surface area contributed by atoms with Gasteiger partial charge in [-0.1, -0.05) is 27.7 Å². The van der Waals surface area contributed by atoms with Crippen molar-refractivity contribution in [1.29, 1.82) is 5.41 Å². The van der Waals surface area contributed by atoms with Crippen molar-refractivity contribution in [1.82, 2.24) is 0 Å². The molecule has 0 aliphatic rings. The first kappa shape index (κ1) is 11.8. The second-order valence-corrected chi connectivity index (χ2v) is 5.65. The average molecular weight is 188 g/mol. The van der Waals surface area contributed by atoms with E-state index >= 15 is 0 Å². The van der Waals surface area contributed by atoms with Gasteiger partial charge in [0, 0.05) is 5.41 Å². The van der Waals surface area contributed by atoms with Gasteiger partial charge in [0.15, 0.2) is 0 Å². The van der Waals surface area contributed by atoms with Gasteiger partial charge in [0.05, 0.1) is 5.84 Å². The SMILES string of the molecule is CC(C)SCCC(C)(C)C(=N)N. The Labute approximate surface area is 79.8 Å². The molecule has 0 rings (SSSR count). The van der Waals surface area contributed by atoms with Crippen molar-refractivity contribution in [3.05, 3.63) is 0 Å². The fourth-order valence-electron chi connectivity index (χ4n) is 0.684. The highest BCUT2D eigenvalue weighted by atomic mass is 32.2. The molecule has 0 aliphatic carbocycles. The van der Waals surface area contributed by atoms with Crippen molar-refractivity contribution in [2.24, 2.45) is 11.1 Å². The third-order valence-corrected chi connectivity index (χ3v) is 3.01. The largest absolute Gasteiger partial charge is 0.387 e. The molecule has 0 saturated carbocycles. The maximum Gasteiger partial charge on any atom is 0.0963 e. The van der Waals surface area contributed by atoms with Crippen molar-refractivity contribution < 1.29 is 0 Å². The molecule has 0 amide bonds. The first-order valence-electron chi connectivity index (χ1n) is 4.32. The van der Waals surface area contributed by atoms with Gasteiger partial charge >= 0.3 is 0 Å². The number of nitrogens with one attached hydrogen (secondary N) is 1. The summed E-state index contributed by atoms with van der Waals surface area (Å²) < 4.78 is 0. The molecule has 0 bridgehead atoms. The highest BCUT2D eigenvalue weighted by Gasteiger charge is 2.20. The first-order chi connectivity index (χ1) is 5.36. The Hall–Kier alpha value is -0.180. The van der Waals surface area contributed by atoms with Crippen LogP contribution in [0, 0.1) is 10.8 Å². The van der Waals surface area contributed by atoms with Crippen LogP contribution in [0.15, 0.2) is 0 Å². The Morgan fingerprint density at radius 3 is 2.33 bits per heavy atom. The smallest absolute Gasteiger partial charge is 0.0963 e. The highest BCUT2D eigenvalue weighted by Crippen LogP contribution is 2.23. The van der Waals surface area contributed by atoms with Gasteiger partial charge in [0.2, 0.25) is 0 Å². The highest BCUT2D eigenvalue weighted by molar-refractivity contribution is 7.99. The van der Waals surface area contributed by atoms with Crippen LogP contribution in [-0.2, 0) is 0 Å². The molecular formula is C9H20N2S. The van der Waals surface area contributed by atoms with Crippen LogP contribution >= 0.6 is 11.8 Å². The average Bonchev–Trinajstić information content (AvgIpc) is 1.85. The molecule has 0 unspecified atom stereocenters. The summed E-state index contributed by atoms with van der Waals surface area (Å²) in [6.07, 6.45) is 0.991. The molecule has 0 atom stereocenters. The van der Waals surface area contributed by atoms with Crippen molar-refractivity contribution in [3.8, 4) is 0 Å². The third kappa shape index (κ3) is 4.65. The summed E-state index contributed by atoms with van der Waals surface area (Å²) in [6, 6.07) is 0. The molecule has 3 heteroatoms.